The van der Waals surface area contributed by atoms with Crippen molar-refractivity contribution in [2.24, 2.45) is 0 Å². The molecule has 0 aliphatic carbocycles. The second-order valence-electron chi connectivity index (χ2n) is 1.56. The van der Waals surface area contributed by atoms with E-state index in [9.17, 15) is 0 Å². The summed E-state index contributed by atoms with van der Waals surface area (Å²) in [7, 11) is 0. The zero-order valence-corrected chi connectivity index (χ0v) is 6.00. The van der Waals surface area contributed by atoms with Crippen LogP contribution in [0.1, 0.15) is 0 Å². The lowest BCUT2D eigenvalue weighted by Gasteiger charge is -1.95. The minimum Gasteiger partial charge on any atom is -0.397 e. The van der Waals surface area contributed by atoms with Crippen molar-refractivity contribution in [3.8, 4) is 0 Å². The van der Waals surface area contributed by atoms with Gasteiger partial charge in [-0.15, -0.1) is 0 Å². The first-order valence-electron chi connectivity index (χ1n) is 2.33. The van der Waals surface area contributed by atoms with Gasteiger partial charge in [0.1, 0.15) is 0 Å². The van der Waals surface area contributed by atoms with Crippen molar-refractivity contribution >= 4 is 28.9 Å². The average Bonchev–Trinajstić information content (AvgIpc) is 1.83. The van der Waals surface area contributed by atoms with Crippen molar-refractivity contribution in [3.05, 3.63) is 28.2 Å². The van der Waals surface area contributed by atoms with Gasteiger partial charge in [-0.25, -0.2) is 0 Å². The molecule has 1 aromatic rings. The van der Waals surface area contributed by atoms with Crippen molar-refractivity contribution in [2.45, 2.75) is 0 Å². The third-order valence-electron chi connectivity index (χ3n) is 0.919. The van der Waals surface area contributed by atoms with Gasteiger partial charge in [0.25, 0.3) is 0 Å². The van der Waals surface area contributed by atoms with Crippen LogP contribution in [0.3, 0.4) is 0 Å². The second kappa shape index (κ2) is 2.46. The molecule has 0 amide bonds. The van der Waals surface area contributed by atoms with E-state index >= 15 is 0 Å². The average molecular weight is 161 g/mol. The van der Waals surface area contributed by atoms with Gasteiger partial charge in [0, 0.05) is 6.07 Å². The van der Waals surface area contributed by atoms with E-state index in [-0.39, 0.29) is 0 Å². The summed E-state index contributed by atoms with van der Waals surface area (Å²) in [4.78, 5) is 0. The molecule has 0 atom stereocenters. The van der Waals surface area contributed by atoms with Crippen molar-refractivity contribution in [2.75, 3.05) is 5.73 Å². The van der Waals surface area contributed by atoms with Crippen LogP contribution >= 0.6 is 23.2 Å². The molecular formula is C6H4Cl2N. The van der Waals surface area contributed by atoms with E-state index in [1.54, 1.807) is 12.1 Å². The molecule has 0 aliphatic heterocycles. The van der Waals surface area contributed by atoms with Crippen LogP contribution in [-0.2, 0) is 0 Å². The number of halogens is 2. The summed E-state index contributed by atoms with van der Waals surface area (Å²) in [5.74, 6) is 0. The van der Waals surface area contributed by atoms with Gasteiger partial charge in [-0.2, -0.15) is 0 Å². The maximum atomic E-state index is 5.59. The lowest BCUT2D eigenvalue weighted by molar-refractivity contribution is 1.67. The highest BCUT2D eigenvalue weighted by Crippen LogP contribution is 2.26. The van der Waals surface area contributed by atoms with Gasteiger partial charge in [0.2, 0.25) is 0 Å². The number of nitrogen functional groups attached to an aromatic ring is 1. The fourth-order valence-corrected chi connectivity index (χ4v) is 0.758. The Morgan fingerprint density at radius 1 is 1.44 bits per heavy atom. The van der Waals surface area contributed by atoms with E-state index in [4.69, 9.17) is 28.9 Å². The Morgan fingerprint density at radius 3 is 2.56 bits per heavy atom. The highest BCUT2D eigenvalue weighted by atomic mass is 35.5. The third kappa shape index (κ3) is 1.29. The third-order valence-corrected chi connectivity index (χ3v) is 1.72. The summed E-state index contributed by atoms with van der Waals surface area (Å²) in [5.41, 5.74) is 5.87. The summed E-state index contributed by atoms with van der Waals surface area (Å²) in [6, 6.07) is 5.97. The van der Waals surface area contributed by atoms with Crippen LogP contribution in [0, 0.1) is 6.07 Å². The second-order valence-corrected chi connectivity index (χ2v) is 2.32. The Kier molecular flexibility index (Phi) is 1.84. The predicted octanol–water partition coefficient (Wildman–Crippen LogP) is 2.38. The first kappa shape index (κ1) is 6.72. The number of anilines is 1. The molecule has 0 aromatic heterocycles. The van der Waals surface area contributed by atoms with Crippen LogP contribution < -0.4 is 5.73 Å². The normalized spacial score (nSPS) is 9.56. The number of nitrogens with two attached hydrogens (primary N) is 1. The quantitative estimate of drug-likeness (QED) is 0.580. The maximum Gasteiger partial charge on any atom is 0.0827 e. The number of hydrogen-bond donors (Lipinski definition) is 1. The van der Waals surface area contributed by atoms with Crippen LogP contribution in [0.2, 0.25) is 10.0 Å². The summed E-state index contributed by atoms with van der Waals surface area (Å²) < 4.78 is 0. The molecule has 0 fully saturated rings. The zero-order chi connectivity index (χ0) is 6.85. The first-order valence-corrected chi connectivity index (χ1v) is 3.08. The standard InChI is InChI=1S/C6H4Cl2N/c7-4-2-1-3-5(9)6(4)8/h1,3H,9H2. The highest BCUT2D eigenvalue weighted by molar-refractivity contribution is 6.43. The van der Waals surface area contributed by atoms with E-state index < -0.39 is 0 Å². The predicted molar refractivity (Wildman–Crippen MR) is 39.7 cm³/mol. The smallest absolute Gasteiger partial charge is 0.0827 e. The molecule has 0 aliphatic rings. The molecule has 9 heavy (non-hydrogen) atoms. The molecule has 3 heteroatoms. The van der Waals surface area contributed by atoms with Gasteiger partial charge < -0.3 is 5.73 Å². The van der Waals surface area contributed by atoms with E-state index in [0.29, 0.717) is 15.7 Å². The van der Waals surface area contributed by atoms with Gasteiger partial charge in [0.15, 0.2) is 0 Å². The molecule has 1 radical (unpaired) electrons. The van der Waals surface area contributed by atoms with Crippen LogP contribution in [0.15, 0.2) is 12.1 Å². The topological polar surface area (TPSA) is 26.0 Å². The fraction of sp³-hybridized carbons (Fsp3) is 0. The van der Waals surface area contributed by atoms with Crippen molar-refractivity contribution in [1.29, 1.82) is 0 Å². The molecule has 1 aromatic carbocycles. The molecule has 0 saturated heterocycles. The zero-order valence-electron chi connectivity index (χ0n) is 4.49. The molecule has 1 rings (SSSR count). The summed E-state index contributed by atoms with van der Waals surface area (Å²) in [6.07, 6.45) is 0. The minimum atomic E-state index is 0.372. The molecule has 1 nitrogen and oxygen atoms in total. The van der Waals surface area contributed by atoms with Gasteiger partial charge in [-0.05, 0) is 6.07 Å². The van der Waals surface area contributed by atoms with Crippen molar-refractivity contribution in [1.82, 2.24) is 0 Å². The minimum absolute atomic E-state index is 0.372. The van der Waals surface area contributed by atoms with Crippen LogP contribution in [-0.4, -0.2) is 0 Å². The van der Waals surface area contributed by atoms with Gasteiger partial charge in [0.05, 0.1) is 15.7 Å². The number of benzene rings is 1. The van der Waals surface area contributed by atoms with Crippen LogP contribution in [0.25, 0.3) is 0 Å². The Labute approximate surface area is 63.4 Å². The lowest BCUT2D eigenvalue weighted by atomic mass is 10.3. The van der Waals surface area contributed by atoms with Crippen molar-refractivity contribution in [3.63, 3.8) is 0 Å². The van der Waals surface area contributed by atoms with Gasteiger partial charge in [-0.3, -0.25) is 0 Å². The molecule has 47 valence electrons. The number of hydrogen-bond acceptors (Lipinski definition) is 1. The maximum absolute atomic E-state index is 5.59. The van der Waals surface area contributed by atoms with Gasteiger partial charge >= 0.3 is 0 Å². The Morgan fingerprint density at radius 2 is 2.11 bits per heavy atom. The summed E-state index contributed by atoms with van der Waals surface area (Å²) >= 11 is 11.1. The van der Waals surface area contributed by atoms with E-state index in [2.05, 4.69) is 6.07 Å². The monoisotopic (exact) mass is 160 g/mol. The number of rotatable bonds is 0. The van der Waals surface area contributed by atoms with Crippen LogP contribution in [0.4, 0.5) is 5.69 Å². The summed E-state index contributed by atoms with van der Waals surface area (Å²) in [5, 5.41) is 0.746. The van der Waals surface area contributed by atoms with Crippen LogP contribution in [0.5, 0.6) is 0 Å². The molecule has 2 N–H and O–H groups in total. The Balaban J connectivity index is 3.25. The fourth-order valence-electron chi connectivity index (χ4n) is 0.468. The largest absolute Gasteiger partial charge is 0.397 e. The van der Waals surface area contributed by atoms with E-state index in [1.807, 2.05) is 0 Å². The molecule has 0 unspecified atom stereocenters. The molecule has 0 bridgehead atoms. The Hall–Kier alpha value is -0.400. The van der Waals surface area contributed by atoms with Gasteiger partial charge in [-0.1, -0.05) is 29.3 Å². The molecular weight excluding hydrogens is 157 g/mol. The SMILES string of the molecule is Nc1cc[c]c(Cl)c1Cl. The molecule has 0 spiro atoms. The molecule has 0 saturated carbocycles. The van der Waals surface area contributed by atoms with E-state index in [1.165, 1.54) is 0 Å². The summed E-state index contributed by atoms with van der Waals surface area (Å²) in [6.45, 7) is 0. The lowest BCUT2D eigenvalue weighted by Crippen LogP contribution is -1.84. The Bertz CT molecular complexity index is 202. The molecule has 0 heterocycles. The first-order chi connectivity index (χ1) is 4.22. The van der Waals surface area contributed by atoms with E-state index in [0.717, 1.165) is 0 Å². The van der Waals surface area contributed by atoms with Crippen molar-refractivity contribution < 1.29 is 0 Å². The highest BCUT2D eigenvalue weighted by Gasteiger charge is 1.98.